The maximum atomic E-state index is 12.3. The van der Waals surface area contributed by atoms with Gasteiger partial charge in [-0.25, -0.2) is 13.1 Å². The van der Waals surface area contributed by atoms with E-state index >= 15 is 0 Å². The molecule has 0 fully saturated rings. The maximum absolute atomic E-state index is 12.3. The predicted molar refractivity (Wildman–Crippen MR) is 86.3 cm³/mol. The number of hydrogen-bond acceptors (Lipinski definition) is 4. The van der Waals surface area contributed by atoms with Gasteiger partial charge in [0, 0.05) is 15.9 Å². The molecule has 2 aromatic rings. The van der Waals surface area contributed by atoms with E-state index in [1.807, 2.05) is 18.4 Å². The summed E-state index contributed by atoms with van der Waals surface area (Å²) in [7, 11) is -3.60. The lowest BCUT2D eigenvalue weighted by Crippen LogP contribution is -2.24. The number of nitrogen functional groups attached to an aromatic ring is 1. The second-order valence-corrected chi connectivity index (χ2v) is 7.88. The fourth-order valence-electron chi connectivity index (χ4n) is 1.84. The Balaban J connectivity index is 2.19. The van der Waals surface area contributed by atoms with E-state index in [1.165, 1.54) is 11.6 Å². The number of hydrogen-bond donors (Lipinski definition) is 2. The third-order valence-electron chi connectivity index (χ3n) is 2.90. The molecule has 20 heavy (non-hydrogen) atoms. The molecule has 1 aromatic heterocycles. The molecule has 0 aliphatic carbocycles. The molecule has 108 valence electrons. The Bertz CT molecular complexity index is 711. The summed E-state index contributed by atoms with van der Waals surface area (Å²) in [6.07, 6.45) is 0.890. The number of rotatable bonds is 5. The van der Waals surface area contributed by atoms with E-state index in [1.54, 1.807) is 23.5 Å². The van der Waals surface area contributed by atoms with Gasteiger partial charge in [-0.2, -0.15) is 0 Å². The topological polar surface area (TPSA) is 72.2 Å². The van der Waals surface area contributed by atoms with Crippen molar-refractivity contribution in [3.8, 4) is 0 Å². The van der Waals surface area contributed by atoms with Crippen LogP contribution in [0.15, 0.2) is 39.0 Å². The van der Waals surface area contributed by atoms with Crippen LogP contribution in [0.25, 0.3) is 0 Å². The van der Waals surface area contributed by atoms with Crippen LogP contribution >= 0.6 is 27.3 Å². The fourth-order valence-corrected chi connectivity index (χ4v) is 4.33. The number of nitrogens with two attached hydrogens (primary N) is 1. The van der Waals surface area contributed by atoms with E-state index in [9.17, 15) is 8.42 Å². The molecule has 0 atom stereocenters. The molecule has 1 heterocycles. The number of sulfonamides is 1. The number of thiophene rings is 1. The van der Waals surface area contributed by atoms with Gasteiger partial charge in [0.05, 0.1) is 5.69 Å². The minimum Gasteiger partial charge on any atom is -0.398 e. The van der Waals surface area contributed by atoms with Crippen LogP contribution in [-0.4, -0.2) is 8.42 Å². The van der Waals surface area contributed by atoms with E-state index in [0.717, 1.165) is 15.8 Å². The maximum Gasteiger partial charge on any atom is 0.242 e. The van der Waals surface area contributed by atoms with Crippen LogP contribution in [0.3, 0.4) is 0 Å². The van der Waals surface area contributed by atoms with E-state index in [0.29, 0.717) is 6.54 Å². The zero-order valence-electron chi connectivity index (χ0n) is 10.9. The van der Waals surface area contributed by atoms with Crippen LogP contribution in [-0.2, 0) is 23.0 Å². The molecule has 2 rings (SSSR count). The Hall–Kier alpha value is -0.890. The summed E-state index contributed by atoms with van der Waals surface area (Å²) in [6, 6.07) is 6.75. The monoisotopic (exact) mass is 374 g/mol. The van der Waals surface area contributed by atoms with E-state index < -0.39 is 10.0 Å². The quantitative estimate of drug-likeness (QED) is 0.789. The zero-order valence-corrected chi connectivity index (χ0v) is 14.1. The molecule has 1 aromatic carbocycles. The van der Waals surface area contributed by atoms with Crippen LogP contribution in [0, 0.1) is 0 Å². The Morgan fingerprint density at radius 3 is 2.75 bits per heavy atom. The van der Waals surface area contributed by atoms with Gasteiger partial charge in [-0.15, -0.1) is 11.3 Å². The first-order chi connectivity index (χ1) is 9.44. The largest absolute Gasteiger partial charge is 0.398 e. The second-order valence-electron chi connectivity index (χ2n) is 4.23. The van der Waals surface area contributed by atoms with Gasteiger partial charge in [-0.05, 0) is 41.6 Å². The fraction of sp³-hybridized carbons (Fsp3) is 0.231. The summed E-state index contributed by atoms with van der Waals surface area (Å²) in [6.45, 7) is 2.34. The normalized spacial score (nSPS) is 11.7. The second kappa shape index (κ2) is 6.26. The average molecular weight is 375 g/mol. The first-order valence-corrected chi connectivity index (χ1v) is 9.19. The first kappa shape index (κ1) is 15.5. The summed E-state index contributed by atoms with van der Waals surface area (Å²) in [5.41, 5.74) is 7.16. The third kappa shape index (κ3) is 3.41. The molecule has 0 aliphatic heterocycles. The van der Waals surface area contributed by atoms with Gasteiger partial charge >= 0.3 is 0 Å². The van der Waals surface area contributed by atoms with Crippen molar-refractivity contribution in [1.29, 1.82) is 0 Å². The lowest BCUT2D eigenvalue weighted by Gasteiger charge is -2.09. The van der Waals surface area contributed by atoms with Gasteiger partial charge in [0.1, 0.15) is 4.90 Å². The van der Waals surface area contributed by atoms with Gasteiger partial charge in [-0.3, -0.25) is 0 Å². The lowest BCUT2D eigenvalue weighted by atomic mass is 10.2. The highest BCUT2D eigenvalue weighted by Crippen LogP contribution is 2.23. The Morgan fingerprint density at radius 1 is 1.35 bits per heavy atom. The zero-order chi connectivity index (χ0) is 14.8. The highest BCUT2D eigenvalue weighted by molar-refractivity contribution is 9.10. The molecule has 0 amide bonds. The van der Waals surface area contributed by atoms with E-state index in [2.05, 4.69) is 20.7 Å². The molecule has 0 saturated heterocycles. The molecule has 0 saturated carbocycles. The van der Waals surface area contributed by atoms with E-state index in [4.69, 9.17) is 5.73 Å². The number of nitrogens with one attached hydrogen (secondary N) is 1. The van der Waals surface area contributed by atoms with Gasteiger partial charge < -0.3 is 5.73 Å². The number of aryl methyl sites for hydroxylation is 1. The Kier molecular flexibility index (Phi) is 4.85. The van der Waals surface area contributed by atoms with E-state index in [-0.39, 0.29) is 10.6 Å². The van der Waals surface area contributed by atoms with Crippen molar-refractivity contribution in [3.05, 3.63) is 44.6 Å². The van der Waals surface area contributed by atoms with Crippen molar-refractivity contribution in [2.45, 2.75) is 24.8 Å². The van der Waals surface area contributed by atoms with Crippen molar-refractivity contribution >= 4 is 43.0 Å². The summed E-state index contributed by atoms with van der Waals surface area (Å²) >= 11 is 4.81. The number of halogens is 1. The van der Waals surface area contributed by atoms with Crippen molar-refractivity contribution < 1.29 is 8.42 Å². The highest BCUT2D eigenvalue weighted by atomic mass is 79.9. The van der Waals surface area contributed by atoms with Crippen molar-refractivity contribution in [1.82, 2.24) is 4.72 Å². The van der Waals surface area contributed by atoms with Gasteiger partial charge in [-0.1, -0.05) is 22.9 Å². The van der Waals surface area contributed by atoms with Crippen molar-refractivity contribution in [3.63, 3.8) is 0 Å². The van der Waals surface area contributed by atoms with Crippen LogP contribution in [0.4, 0.5) is 5.69 Å². The SMILES string of the molecule is CCc1ccsc1CNS(=O)(=O)c1ccc(Br)cc1N. The molecule has 0 bridgehead atoms. The first-order valence-electron chi connectivity index (χ1n) is 6.04. The number of anilines is 1. The van der Waals surface area contributed by atoms with Crippen LogP contribution in [0.1, 0.15) is 17.4 Å². The average Bonchev–Trinajstić information content (AvgIpc) is 2.83. The van der Waals surface area contributed by atoms with Gasteiger partial charge in [0.15, 0.2) is 0 Å². The molecule has 0 spiro atoms. The molecule has 4 nitrogen and oxygen atoms in total. The molecule has 7 heteroatoms. The molecular formula is C13H15BrN2O2S2. The molecule has 0 unspecified atom stereocenters. The summed E-state index contributed by atoms with van der Waals surface area (Å²) < 4.78 is 27.9. The van der Waals surface area contributed by atoms with Crippen LogP contribution in [0.5, 0.6) is 0 Å². The third-order valence-corrected chi connectivity index (χ3v) is 5.83. The summed E-state index contributed by atoms with van der Waals surface area (Å²) in [5.74, 6) is 0. The van der Waals surface area contributed by atoms with Crippen molar-refractivity contribution in [2.75, 3.05) is 5.73 Å². The minimum atomic E-state index is -3.60. The lowest BCUT2D eigenvalue weighted by molar-refractivity contribution is 0.582. The van der Waals surface area contributed by atoms with Crippen LogP contribution < -0.4 is 10.5 Å². The smallest absolute Gasteiger partial charge is 0.242 e. The predicted octanol–water partition coefficient (Wildman–Crippen LogP) is 3.13. The van der Waals surface area contributed by atoms with Crippen molar-refractivity contribution in [2.24, 2.45) is 0 Å². The molecule has 0 radical (unpaired) electrons. The van der Waals surface area contributed by atoms with Crippen LogP contribution in [0.2, 0.25) is 0 Å². The van der Waals surface area contributed by atoms with Gasteiger partial charge in [0.25, 0.3) is 0 Å². The highest BCUT2D eigenvalue weighted by Gasteiger charge is 2.18. The minimum absolute atomic E-state index is 0.107. The number of benzene rings is 1. The summed E-state index contributed by atoms with van der Waals surface area (Å²) in [4.78, 5) is 1.14. The molecular weight excluding hydrogens is 360 g/mol. The standard InChI is InChI=1S/C13H15BrN2O2S2/c1-2-9-5-6-19-12(9)8-16-20(17,18)13-4-3-10(14)7-11(13)15/h3-7,16H,2,8,15H2,1H3. The molecule has 0 aliphatic rings. The van der Waals surface area contributed by atoms with Gasteiger partial charge in [0.2, 0.25) is 10.0 Å². The Morgan fingerprint density at radius 2 is 2.10 bits per heavy atom. The Labute approximate surface area is 131 Å². The summed E-state index contributed by atoms with van der Waals surface area (Å²) in [5, 5.41) is 1.97. The molecule has 3 N–H and O–H groups in total.